The molecule has 0 atom stereocenters. The van der Waals surface area contributed by atoms with E-state index in [0.717, 1.165) is 12.0 Å². The van der Waals surface area contributed by atoms with Crippen LogP contribution in [0.5, 0.6) is 0 Å². The first-order valence-corrected chi connectivity index (χ1v) is 6.71. The molecule has 0 saturated carbocycles. The van der Waals surface area contributed by atoms with E-state index < -0.39 is 0 Å². The van der Waals surface area contributed by atoms with Gasteiger partial charge in [0.15, 0.2) is 0 Å². The van der Waals surface area contributed by atoms with Crippen molar-refractivity contribution in [3.05, 3.63) is 71.8 Å². The number of carbonyl (C=O) groups excluding carboxylic acids is 1. The van der Waals surface area contributed by atoms with Gasteiger partial charge >= 0.3 is 6.09 Å². The highest BCUT2D eigenvalue weighted by atomic mass is 16.6. The minimum atomic E-state index is -0.287. The molecule has 0 heterocycles. The van der Waals surface area contributed by atoms with Gasteiger partial charge in [-0.2, -0.15) is 0 Å². The lowest BCUT2D eigenvalue weighted by molar-refractivity contribution is 0.105. The summed E-state index contributed by atoms with van der Waals surface area (Å²) in [6, 6.07) is 19.8. The summed E-state index contributed by atoms with van der Waals surface area (Å²) < 4.78 is 5.27. The molecule has 0 aliphatic carbocycles. The van der Waals surface area contributed by atoms with Crippen LogP contribution < -0.4 is 0 Å². The van der Waals surface area contributed by atoms with Crippen LogP contribution in [0, 0.1) is 0 Å². The number of rotatable bonds is 5. The van der Waals surface area contributed by atoms with Gasteiger partial charge in [0.2, 0.25) is 0 Å². The van der Waals surface area contributed by atoms with Crippen molar-refractivity contribution in [2.75, 3.05) is 13.6 Å². The van der Waals surface area contributed by atoms with Crippen LogP contribution in [0.1, 0.15) is 11.1 Å². The van der Waals surface area contributed by atoms with Crippen LogP contribution in [0.25, 0.3) is 0 Å². The quantitative estimate of drug-likeness (QED) is 0.831. The summed E-state index contributed by atoms with van der Waals surface area (Å²) in [5, 5.41) is 0. The van der Waals surface area contributed by atoms with Crippen molar-refractivity contribution in [1.82, 2.24) is 4.90 Å². The van der Waals surface area contributed by atoms with Gasteiger partial charge in [0.05, 0.1) is 0 Å². The third kappa shape index (κ3) is 4.43. The molecule has 0 aliphatic rings. The molecular formula is C17H19NO2. The number of benzene rings is 2. The molecule has 2 aromatic rings. The Labute approximate surface area is 119 Å². The summed E-state index contributed by atoms with van der Waals surface area (Å²) in [7, 11) is 1.76. The summed E-state index contributed by atoms with van der Waals surface area (Å²) in [6.07, 6.45) is 0.544. The van der Waals surface area contributed by atoms with Crippen LogP contribution in [0.4, 0.5) is 4.79 Å². The molecule has 0 bridgehead atoms. The number of carbonyl (C=O) groups is 1. The van der Waals surface area contributed by atoms with Crippen molar-refractivity contribution in [2.24, 2.45) is 0 Å². The van der Waals surface area contributed by atoms with E-state index in [1.807, 2.05) is 48.5 Å². The van der Waals surface area contributed by atoms with Gasteiger partial charge in [-0.05, 0) is 17.5 Å². The molecule has 3 nitrogen and oxygen atoms in total. The standard InChI is InChI=1S/C17H19NO2/c1-18(13-12-15-8-4-2-5-9-15)17(19)20-14-16-10-6-3-7-11-16/h2-11H,12-14H2,1H3. The van der Waals surface area contributed by atoms with Gasteiger partial charge in [-0.3, -0.25) is 0 Å². The van der Waals surface area contributed by atoms with Crippen molar-refractivity contribution < 1.29 is 9.53 Å². The molecule has 0 fully saturated rings. The van der Waals surface area contributed by atoms with Crippen LogP contribution in [0.3, 0.4) is 0 Å². The van der Waals surface area contributed by atoms with Crippen molar-refractivity contribution in [3.63, 3.8) is 0 Å². The van der Waals surface area contributed by atoms with Crippen LogP contribution in [0.2, 0.25) is 0 Å². The minimum absolute atomic E-state index is 0.287. The first-order valence-electron chi connectivity index (χ1n) is 6.71. The number of hydrogen-bond acceptors (Lipinski definition) is 2. The Morgan fingerprint density at radius 2 is 1.50 bits per heavy atom. The van der Waals surface area contributed by atoms with E-state index in [4.69, 9.17) is 4.74 Å². The van der Waals surface area contributed by atoms with E-state index in [0.29, 0.717) is 13.2 Å². The topological polar surface area (TPSA) is 29.5 Å². The Morgan fingerprint density at radius 1 is 0.950 bits per heavy atom. The van der Waals surface area contributed by atoms with Crippen molar-refractivity contribution in [1.29, 1.82) is 0 Å². The van der Waals surface area contributed by atoms with E-state index in [2.05, 4.69) is 12.1 Å². The second-order valence-corrected chi connectivity index (χ2v) is 4.70. The van der Waals surface area contributed by atoms with E-state index in [-0.39, 0.29) is 6.09 Å². The largest absolute Gasteiger partial charge is 0.445 e. The molecule has 2 aromatic carbocycles. The monoisotopic (exact) mass is 269 g/mol. The third-order valence-corrected chi connectivity index (χ3v) is 3.10. The average molecular weight is 269 g/mol. The van der Waals surface area contributed by atoms with Gasteiger partial charge in [-0.15, -0.1) is 0 Å². The Morgan fingerprint density at radius 3 is 2.10 bits per heavy atom. The van der Waals surface area contributed by atoms with Crippen molar-refractivity contribution in [2.45, 2.75) is 13.0 Å². The summed E-state index contributed by atoms with van der Waals surface area (Å²) in [6.45, 7) is 0.965. The molecule has 0 unspecified atom stereocenters. The molecule has 0 aromatic heterocycles. The summed E-state index contributed by atoms with van der Waals surface area (Å²) in [5.41, 5.74) is 2.22. The zero-order valence-corrected chi connectivity index (χ0v) is 11.7. The number of likely N-dealkylation sites (N-methyl/N-ethyl adjacent to an activating group) is 1. The molecule has 2 rings (SSSR count). The zero-order chi connectivity index (χ0) is 14.2. The third-order valence-electron chi connectivity index (χ3n) is 3.10. The summed E-state index contributed by atoms with van der Waals surface area (Å²) >= 11 is 0. The lowest BCUT2D eigenvalue weighted by atomic mass is 10.1. The smallest absolute Gasteiger partial charge is 0.409 e. The molecule has 20 heavy (non-hydrogen) atoms. The van der Waals surface area contributed by atoms with E-state index in [1.54, 1.807) is 11.9 Å². The maximum absolute atomic E-state index is 11.8. The van der Waals surface area contributed by atoms with E-state index >= 15 is 0 Å². The Kier molecular flexibility index (Phi) is 5.18. The van der Waals surface area contributed by atoms with E-state index in [9.17, 15) is 4.79 Å². The maximum Gasteiger partial charge on any atom is 0.409 e. The molecule has 0 N–H and O–H groups in total. The number of amides is 1. The van der Waals surface area contributed by atoms with Gasteiger partial charge in [0.1, 0.15) is 6.61 Å². The summed E-state index contributed by atoms with van der Waals surface area (Å²) in [5.74, 6) is 0. The highest BCUT2D eigenvalue weighted by Gasteiger charge is 2.09. The molecule has 104 valence electrons. The van der Waals surface area contributed by atoms with E-state index in [1.165, 1.54) is 5.56 Å². The molecule has 0 radical (unpaired) electrons. The predicted octanol–water partition coefficient (Wildman–Crippen LogP) is 3.50. The lowest BCUT2D eigenvalue weighted by Crippen LogP contribution is -2.29. The second kappa shape index (κ2) is 7.34. The summed E-state index contributed by atoms with van der Waals surface area (Å²) in [4.78, 5) is 13.4. The van der Waals surface area contributed by atoms with Crippen LogP contribution in [-0.2, 0) is 17.8 Å². The fourth-order valence-corrected chi connectivity index (χ4v) is 1.86. The molecule has 3 heteroatoms. The van der Waals surface area contributed by atoms with Crippen molar-refractivity contribution in [3.8, 4) is 0 Å². The highest BCUT2D eigenvalue weighted by Crippen LogP contribution is 2.04. The van der Waals surface area contributed by atoms with Gasteiger partial charge in [-0.25, -0.2) is 4.79 Å². The molecule has 0 spiro atoms. The van der Waals surface area contributed by atoms with Gasteiger partial charge in [-0.1, -0.05) is 60.7 Å². The van der Waals surface area contributed by atoms with Crippen LogP contribution >= 0.6 is 0 Å². The fourth-order valence-electron chi connectivity index (χ4n) is 1.86. The lowest BCUT2D eigenvalue weighted by Gasteiger charge is -2.17. The maximum atomic E-state index is 11.8. The van der Waals surface area contributed by atoms with Gasteiger partial charge in [0, 0.05) is 13.6 Å². The molecule has 1 amide bonds. The molecule has 0 saturated heterocycles. The van der Waals surface area contributed by atoms with Crippen LogP contribution in [-0.4, -0.2) is 24.6 Å². The van der Waals surface area contributed by atoms with Crippen LogP contribution in [0.15, 0.2) is 60.7 Å². The number of ether oxygens (including phenoxy) is 1. The normalized spacial score (nSPS) is 10.1. The Hall–Kier alpha value is -2.29. The first kappa shape index (κ1) is 14.1. The molecular weight excluding hydrogens is 250 g/mol. The number of hydrogen-bond donors (Lipinski definition) is 0. The average Bonchev–Trinajstić information content (AvgIpc) is 2.52. The second-order valence-electron chi connectivity index (χ2n) is 4.70. The Balaban J connectivity index is 1.75. The fraction of sp³-hybridized carbons (Fsp3) is 0.235. The highest BCUT2D eigenvalue weighted by molar-refractivity contribution is 5.67. The zero-order valence-electron chi connectivity index (χ0n) is 11.7. The first-order chi connectivity index (χ1) is 9.75. The van der Waals surface area contributed by atoms with Gasteiger partial charge < -0.3 is 9.64 Å². The predicted molar refractivity (Wildman–Crippen MR) is 79.4 cm³/mol. The minimum Gasteiger partial charge on any atom is -0.445 e. The van der Waals surface area contributed by atoms with Gasteiger partial charge in [0.25, 0.3) is 0 Å². The molecule has 0 aliphatic heterocycles. The SMILES string of the molecule is CN(CCc1ccccc1)C(=O)OCc1ccccc1. The van der Waals surface area contributed by atoms with Crippen molar-refractivity contribution >= 4 is 6.09 Å². The number of nitrogens with zero attached hydrogens (tertiary/aromatic N) is 1. The Bertz CT molecular complexity index is 525.